The van der Waals surface area contributed by atoms with Crippen LogP contribution in [0.25, 0.3) is 10.8 Å². The number of carbonyl (C=O) groups excluding carboxylic acids is 2. The second-order valence-electron chi connectivity index (χ2n) is 13.6. The summed E-state index contributed by atoms with van der Waals surface area (Å²) in [6.07, 6.45) is 1.41. The SMILES string of the molecule is CN(C[C@@H](CCN1CCC(N2CCCNC2=O)CC1)c1ccc(Cl)c(Cl)c1)C(=O)c1cccc2cc([N+](=O)[O-])ccc12.O=C(O)CC(O)(CC(=O)O)C(=O)O. The zero-order valence-electron chi connectivity index (χ0n) is 30.0. The number of nitrogens with one attached hydrogen (secondary N) is 1. The van der Waals surface area contributed by atoms with Crippen molar-refractivity contribution in [2.75, 3.05) is 46.3 Å². The Kier molecular flexibility index (Phi) is 14.8. The van der Waals surface area contributed by atoms with Crippen molar-refractivity contribution >= 4 is 69.5 Å². The summed E-state index contributed by atoms with van der Waals surface area (Å²) in [7, 11) is 1.78. The number of piperidine rings is 1. The Hall–Kier alpha value is -5.03. The lowest BCUT2D eigenvalue weighted by Crippen LogP contribution is -2.54. The van der Waals surface area contributed by atoms with Gasteiger partial charge in [-0.3, -0.25) is 24.5 Å². The number of urea groups is 1. The Labute approximate surface area is 326 Å². The number of non-ortho nitro benzene ring substituents is 1. The maximum absolute atomic E-state index is 13.7. The van der Waals surface area contributed by atoms with Crippen LogP contribution < -0.4 is 5.32 Å². The molecule has 1 atom stereocenters. The lowest BCUT2D eigenvalue weighted by Gasteiger charge is -2.40. The van der Waals surface area contributed by atoms with Crippen LogP contribution >= 0.6 is 23.2 Å². The number of amides is 3. The van der Waals surface area contributed by atoms with E-state index in [0.717, 1.165) is 64.0 Å². The molecule has 5 N–H and O–H groups in total. The van der Waals surface area contributed by atoms with E-state index in [9.17, 15) is 34.1 Å². The van der Waals surface area contributed by atoms with Crippen LogP contribution in [0.3, 0.4) is 0 Å². The summed E-state index contributed by atoms with van der Waals surface area (Å²) in [5.41, 5.74) is -1.24. The highest BCUT2D eigenvalue weighted by molar-refractivity contribution is 6.42. The molecule has 2 aliphatic heterocycles. The normalized spacial score (nSPS) is 15.7. The Morgan fingerprint density at radius 3 is 2.24 bits per heavy atom. The van der Waals surface area contributed by atoms with Gasteiger partial charge in [0.15, 0.2) is 5.60 Å². The number of nitro benzene ring substituents is 1. The van der Waals surface area contributed by atoms with E-state index in [4.69, 9.17) is 43.6 Å². The van der Waals surface area contributed by atoms with Crippen molar-refractivity contribution in [3.05, 3.63) is 85.9 Å². The third kappa shape index (κ3) is 11.5. The predicted molar refractivity (Wildman–Crippen MR) is 203 cm³/mol. The van der Waals surface area contributed by atoms with Gasteiger partial charge < -0.3 is 40.4 Å². The third-order valence-corrected chi connectivity index (χ3v) is 10.5. The number of nitrogens with zero attached hydrogens (tertiary/aromatic N) is 4. The van der Waals surface area contributed by atoms with E-state index in [1.165, 1.54) is 12.1 Å². The van der Waals surface area contributed by atoms with Gasteiger partial charge in [0.2, 0.25) is 0 Å². The van der Waals surface area contributed by atoms with Crippen LogP contribution in [0.15, 0.2) is 54.6 Å². The first kappa shape index (κ1) is 42.7. The number of benzene rings is 3. The number of likely N-dealkylation sites (N-methyl/N-ethyl adjacent to an activating group) is 1. The number of carbonyl (C=O) groups is 5. The second-order valence-corrected chi connectivity index (χ2v) is 14.5. The number of aliphatic carboxylic acids is 3. The van der Waals surface area contributed by atoms with E-state index in [1.807, 2.05) is 17.0 Å². The predicted octanol–water partition coefficient (Wildman–Crippen LogP) is 4.93. The summed E-state index contributed by atoms with van der Waals surface area (Å²) >= 11 is 12.6. The molecule has 0 bridgehead atoms. The quantitative estimate of drug-likeness (QED) is 0.108. The first-order valence-electron chi connectivity index (χ1n) is 17.5. The van der Waals surface area contributed by atoms with Gasteiger partial charge in [0, 0.05) is 69.4 Å². The van der Waals surface area contributed by atoms with Crippen LogP contribution in [-0.4, -0.2) is 128 Å². The van der Waals surface area contributed by atoms with Crippen LogP contribution in [0.1, 0.15) is 60.4 Å². The maximum Gasteiger partial charge on any atom is 0.336 e. The smallest absolute Gasteiger partial charge is 0.336 e. The number of nitro groups is 1. The molecule has 2 heterocycles. The molecule has 296 valence electrons. The van der Waals surface area contributed by atoms with Gasteiger partial charge >= 0.3 is 23.9 Å². The largest absolute Gasteiger partial charge is 0.481 e. The molecular formula is C37H43Cl2N5O11. The summed E-state index contributed by atoms with van der Waals surface area (Å²) in [5.74, 6) is -5.16. The summed E-state index contributed by atoms with van der Waals surface area (Å²) in [4.78, 5) is 73.4. The Balaban J connectivity index is 0.000000444. The number of aliphatic hydroxyl groups is 1. The first-order chi connectivity index (χ1) is 26.0. The van der Waals surface area contributed by atoms with E-state index in [2.05, 4.69) is 10.2 Å². The number of carboxylic acids is 3. The van der Waals surface area contributed by atoms with Gasteiger partial charge in [-0.05, 0) is 72.8 Å². The van der Waals surface area contributed by atoms with Crippen LogP contribution in [0.4, 0.5) is 10.5 Å². The van der Waals surface area contributed by atoms with Gasteiger partial charge in [-0.2, -0.15) is 0 Å². The summed E-state index contributed by atoms with van der Waals surface area (Å²) in [5, 5.41) is 50.3. The number of hydrogen-bond donors (Lipinski definition) is 5. The average molecular weight is 805 g/mol. The molecule has 2 fully saturated rings. The minimum Gasteiger partial charge on any atom is -0.481 e. The highest BCUT2D eigenvalue weighted by atomic mass is 35.5. The van der Waals surface area contributed by atoms with Gasteiger partial charge in [-0.15, -0.1) is 0 Å². The number of likely N-dealkylation sites (tertiary alicyclic amines) is 1. The van der Waals surface area contributed by atoms with E-state index in [0.29, 0.717) is 32.9 Å². The Morgan fingerprint density at radius 2 is 1.65 bits per heavy atom. The monoisotopic (exact) mass is 803 g/mol. The van der Waals surface area contributed by atoms with Crippen LogP contribution in [0, 0.1) is 10.1 Å². The second kappa shape index (κ2) is 19.0. The molecule has 0 unspecified atom stereocenters. The zero-order valence-corrected chi connectivity index (χ0v) is 31.5. The molecule has 3 aromatic rings. The fourth-order valence-corrected chi connectivity index (χ4v) is 7.13. The Bertz CT molecular complexity index is 1910. The number of fused-ring (bicyclic) bond motifs is 1. The lowest BCUT2D eigenvalue weighted by atomic mass is 9.93. The minimum atomic E-state index is -2.74. The fraction of sp³-hybridized carbons (Fsp3) is 0.432. The molecule has 0 aromatic heterocycles. The molecule has 0 aliphatic carbocycles. The molecule has 5 rings (SSSR count). The number of carboxylic acid groups (broad SMARTS) is 3. The lowest BCUT2D eigenvalue weighted by molar-refractivity contribution is -0.384. The van der Waals surface area contributed by atoms with E-state index >= 15 is 0 Å². The van der Waals surface area contributed by atoms with Crippen molar-refractivity contribution in [2.45, 2.75) is 56.1 Å². The van der Waals surface area contributed by atoms with Crippen molar-refractivity contribution in [2.24, 2.45) is 0 Å². The van der Waals surface area contributed by atoms with E-state index in [1.54, 1.807) is 42.3 Å². The van der Waals surface area contributed by atoms with Crippen molar-refractivity contribution in [3.63, 3.8) is 0 Å². The number of rotatable bonds is 14. The van der Waals surface area contributed by atoms with Crippen LogP contribution in [0.5, 0.6) is 0 Å². The van der Waals surface area contributed by atoms with Crippen molar-refractivity contribution in [1.29, 1.82) is 0 Å². The summed E-state index contributed by atoms with van der Waals surface area (Å²) in [6.45, 7) is 4.72. The molecule has 2 saturated heterocycles. The van der Waals surface area contributed by atoms with Crippen LogP contribution in [-0.2, 0) is 14.4 Å². The van der Waals surface area contributed by atoms with E-state index in [-0.39, 0.29) is 29.6 Å². The van der Waals surface area contributed by atoms with Gasteiger partial charge in [0.05, 0.1) is 27.8 Å². The molecule has 0 saturated carbocycles. The van der Waals surface area contributed by atoms with Gasteiger partial charge in [0.25, 0.3) is 11.6 Å². The molecule has 55 heavy (non-hydrogen) atoms. The van der Waals surface area contributed by atoms with Gasteiger partial charge in [0.1, 0.15) is 0 Å². The molecular weight excluding hydrogens is 761 g/mol. The maximum atomic E-state index is 13.7. The Morgan fingerprint density at radius 1 is 0.982 bits per heavy atom. The average Bonchev–Trinajstić information content (AvgIpc) is 3.13. The van der Waals surface area contributed by atoms with Gasteiger partial charge in [-0.1, -0.05) is 41.4 Å². The van der Waals surface area contributed by atoms with Crippen molar-refractivity contribution in [3.8, 4) is 0 Å². The minimum absolute atomic E-state index is 0.00961. The van der Waals surface area contributed by atoms with Crippen molar-refractivity contribution < 1.29 is 49.3 Å². The van der Waals surface area contributed by atoms with Gasteiger partial charge in [-0.25, -0.2) is 9.59 Å². The topological polar surface area (TPSA) is 231 Å². The molecule has 3 aromatic carbocycles. The molecule has 2 aliphatic rings. The van der Waals surface area contributed by atoms with Crippen molar-refractivity contribution in [1.82, 2.24) is 20.0 Å². The molecule has 0 spiro atoms. The highest BCUT2D eigenvalue weighted by Gasteiger charge is 2.41. The molecule has 3 amide bonds. The molecule has 16 nitrogen and oxygen atoms in total. The first-order valence-corrected chi connectivity index (χ1v) is 18.3. The summed E-state index contributed by atoms with van der Waals surface area (Å²) < 4.78 is 0. The third-order valence-electron chi connectivity index (χ3n) is 9.75. The highest BCUT2D eigenvalue weighted by Crippen LogP contribution is 2.31. The van der Waals surface area contributed by atoms with Crippen LogP contribution in [0.2, 0.25) is 10.0 Å². The summed E-state index contributed by atoms with van der Waals surface area (Å²) in [6, 6.07) is 15.8. The number of hydrogen-bond acceptors (Lipinski definition) is 9. The fourth-order valence-electron chi connectivity index (χ4n) is 6.82. The van der Waals surface area contributed by atoms with E-state index < -0.39 is 41.3 Å². The molecule has 0 radical (unpaired) electrons. The number of halogens is 2. The standard InChI is InChI=1S/C31H35Cl2N5O4.C6H8O7/c1-35(30(39)27-5-2-4-22-18-25(38(41)42)7-8-26(22)27)20-23(21-6-9-28(32)29(33)19-21)10-15-36-16-11-24(12-17-36)37-14-3-13-34-31(37)40;7-3(8)1-6(13,5(11)12)2-4(9)10/h2,4-9,18-19,23-24H,3,10-17,20H2,1H3,(H,34,40);13H,1-2H2,(H,7,8)(H,9,10)(H,11,12)/t23-;/m1./s1. The zero-order chi connectivity index (χ0) is 40.4. The molecule has 18 heteroatoms.